The fourth-order valence-electron chi connectivity index (χ4n) is 2.90. The molecule has 5 amide bonds. The molecule has 1 rings (SSSR count). The lowest BCUT2D eigenvalue weighted by atomic mass is 10.1. The van der Waals surface area contributed by atoms with Crippen molar-refractivity contribution < 1.29 is 43.0 Å². The van der Waals surface area contributed by atoms with Gasteiger partial charge in [-0.3, -0.25) is 24.0 Å². The number of nitrogens with one attached hydrogen (secondary N) is 4. The summed E-state index contributed by atoms with van der Waals surface area (Å²) in [5.41, 5.74) is 5.73. The number of carbonyl (C=O) groups excluding carboxylic acids is 6. The van der Waals surface area contributed by atoms with E-state index in [2.05, 4.69) is 21.3 Å². The van der Waals surface area contributed by atoms with E-state index < -0.39 is 78.9 Å². The Kier molecular flexibility index (Phi) is 12.7. The van der Waals surface area contributed by atoms with Crippen LogP contribution >= 0.6 is 0 Å². The Morgan fingerprint density at radius 1 is 0.892 bits per heavy atom. The normalized spacial score (nSPS) is 14.6. The van der Waals surface area contributed by atoms with Crippen LogP contribution in [0.4, 0.5) is 9.18 Å². The van der Waals surface area contributed by atoms with E-state index in [1.54, 1.807) is 30.3 Å². The minimum absolute atomic E-state index is 0.0309. The summed E-state index contributed by atoms with van der Waals surface area (Å²) in [5.74, 6) is -4.76. The minimum atomic E-state index is -1.53. The van der Waals surface area contributed by atoms with Gasteiger partial charge in [0.15, 0.2) is 5.78 Å². The van der Waals surface area contributed by atoms with Gasteiger partial charge in [-0.1, -0.05) is 30.3 Å². The number of benzene rings is 1. The molecule has 0 radical (unpaired) electrons. The Labute approximate surface area is 212 Å². The van der Waals surface area contributed by atoms with E-state index in [1.807, 2.05) is 0 Å². The van der Waals surface area contributed by atoms with Gasteiger partial charge in [-0.05, 0) is 26.3 Å². The van der Waals surface area contributed by atoms with Gasteiger partial charge in [-0.25, -0.2) is 9.18 Å². The van der Waals surface area contributed by atoms with Crippen molar-refractivity contribution in [3.05, 3.63) is 35.9 Å². The van der Waals surface area contributed by atoms with Crippen molar-refractivity contribution in [3.8, 4) is 0 Å². The van der Waals surface area contributed by atoms with Crippen molar-refractivity contribution >= 4 is 35.5 Å². The van der Waals surface area contributed by atoms with Crippen LogP contribution < -0.4 is 27.0 Å². The Hall–Kier alpha value is -4.07. The summed E-state index contributed by atoms with van der Waals surface area (Å²) in [7, 11) is 0. The maximum Gasteiger partial charge on any atom is 0.408 e. The van der Waals surface area contributed by atoms with Crippen molar-refractivity contribution in [3.63, 3.8) is 0 Å². The molecule has 1 aromatic carbocycles. The maximum atomic E-state index is 12.7. The van der Waals surface area contributed by atoms with Gasteiger partial charge in [0.25, 0.3) is 0 Å². The van der Waals surface area contributed by atoms with Crippen LogP contribution in [-0.2, 0) is 35.3 Å². The summed E-state index contributed by atoms with van der Waals surface area (Å²) >= 11 is 0. The Morgan fingerprint density at radius 3 is 2.00 bits per heavy atom. The molecule has 204 valence electrons. The second kappa shape index (κ2) is 15.1. The first kappa shape index (κ1) is 31.0. The molecule has 0 bridgehead atoms. The fourth-order valence-corrected chi connectivity index (χ4v) is 2.90. The number of nitrogens with two attached hydrogens (primary N) is 1. The van der Waals surface area contributed by atoms with Crippen molar-refractivity contribution in [1.82, 2.24) is 21.3 Å². The highest BCUT2D eigenvalue weighted by Gasteiger charge is 2.31. The lowest BCUT2D eigenvalue weighted by Gasteiger charge is -2.25. The number of carbonyl (C=O) groups is 6. The van der Waals surface area contributed by atoms with E-state index in [-0.39, 0.29) is 6.61 Å². The Bertz CT molecular complexity index is 975. The van der Waals surface area contributed by atoms with Gasteiger partial charge in [0, 0.05) is 0 Å². The first-order valence-electron chi connectivity index (χ1n) is 11.3. The zero-order chi connectivity index (χ0) is 28.1. The SMILES string of the molecule is C[C@H](NC(=O)OCc1ccccc1)C(=O)N[C@H](C(=O)N[C@@H](C)C(=O)N[C@@H](CC(N)=O)C(=O)CF)[C@@H](C)O. The summed E-state index contributed by atoms with van der Waals surface area (Å²) in [6.45, 7) is 2.29. The van der Waals surface area contributed by atoms with Gasteiger partial charge >= 0.3 is 6.09 Å². The molecule has 0 saturated carbocycles. The van der Waals surface area contributed by atoms with Crippen LogP contribution in [0.1, 0.15) is 32.8 Å². The maximum absolute atomic E-state index is 12.7. The third kappa shape index (κ3) is 11.0. The molecular weight excluding hydrogens is 493 g/mol. The van der Waals surface area contributed by atoms with E-state index in [0.717, 1.165) is 5.56 Å². The summed E-state index contributed by atoms with van der Waals surface area (Å²) in [6.07, 6.45) is -2.93. The largest absolute Gasteiger partial charge is 0.445 e. The molecule has 13 nitrogen and oxygen atoms in total. The second-order valence-electron chi connectivity index (χ2n) is 8.22. The zero-order valence-electron chi connectivity index (χ0n) is 20.7. The third-order valence-electron chi connectivity index (χ3n) is 5.00. The number of primary amides is 1. The fraction of sp³-hybridized carbons (Fsp3) is 0.478. The third-order valence-corrected chi connectivity index (χ3v) is 5.00. The van der Waals surface area contributed by atoms with Crippen molar-refractivity contribution in [2.75, 3.05) is 6.67 Å². The van der Waals surface area contributed by atoms with E-state index in [9.17, 15) is 38.3 Å². The molecule has 0 aromatic heterocycles. The summed E-state index contributed by atoms with van der Waals surface area (Å²) in [5, 5.41) is 18.9. The molecule has 0 aliphatic heterocycles. The van der Waals surface area contributed by atoms with E-state index in [0.29, 0.717) is 0 Å². The van der Waals surface area contributed by atoms with Crippen LogP contribution in [-0.4, -0.2) is 77.6 Å². The predicted molar refractivity (Wildman–Crippen MR) is 127 cm³/mol. The monoisotopic (exact) mass is 525 g/mol. The van der Waals surface area contributed by atoms with Crippen LogP contribution in [0.5, 0.6) is 0 Å². The smallest absolute Gasteiger partial charge is 0.408 e. The molecule has 14 heteroatoms. The van der Waals surface area contributed by atoms with Gasteiger partial charge in [0.1, 0.15) is 31.4 Å². The second-order valence-corrected chi connectivity index (χ2v) is 8.22. The van der Waals surface area contributed by atoms with Crippen molar-refractivity contribution in [2.24, 2.45) is 5.73 Å². The molecule has 7 N–H and O–H groups in total. The molecule has 0 aliphatic rings. The number of alkyl halides is 1. The molecular formula is C23H32FN5O8. The standard InChI is InChI=1S/C23H32FN5O8/c1-12(20(33)28-16(9-18(25)32)17(31)10-24)26-22(35)19(14(3)30)29-21(34)13(2)27-23(36)37-11-15-7-5-4-6-8-15/h4-8,12-14,16,19,30H,9-11H2,1-3H3,(H2,25,32)(H,26,35)(H,27,36)(H,28,33)(H,29,34)/t12-,13-,14+,16-,19-/m0/s1. The van der Waals surface area contributed by atoms with Gasteiger partial charge in [0.2, 0.25) is 23.6 Å². The van der Waals surface area contributed by atoms with Crippen LogP contribution in [0.2, 0.25) is 0 Å². The minimum Gasteiger partial charge on any atom is -0.445 e. The Balaban J connectivity index is 2.67. The van der Waals surface area contributed by atoms with Crippen LogP contribution in [0.15, 0.2) is 30.3 Å². The molecule has 0 aliphatic carbocycles. The average Bonchev–Trinajstić information content (AvgIpc) is 2.84. The van der Waals surface area contributed by atoms with Gasteiger partial charge in [-0.2, -0.15) is 0 Å². The quantitative estimate of drug-likeness (QED) is 0.169. The predicted octanol–water partition coefficient (Wildman–Crippen LogP) is -1.43. The highest BCUT2D eigenvalue weighted by Crippen LogP contribution is 2.02. The molecule has 0 heterocycles. The molecule has 0 spiro atoms. The average molecular weight is 526 g/mol. The highest BCUT2D eigenvalue weighted by molar-refractivity contribution is 5.97. The number of ketones is 1. The van der Waals surface area contributed by atoms with Crippen molar-refractivity contribution in [1.29, 1.82) is 0 Å². The molecule has 5 atom stereocenters. The highest BCUT2D eigenvalue weighted by atomic mass is 19.1. The van der Waals surface area contributed by atoms with Crippen molar-refractivity contribution in [2.45, 2.75) is 64.1 Å². The van der Waals surface area contributed by atoms with E-state index in [4.69, 9.17) is 10.5 Å². The van der Waals surface area contributed by atoms with Crippen LogP contribution in [0, 0.1) is 0 Å². The lowest BCUT2D eigenvalue weighted by Crippen LogP contribution is -2.59. The number of alkyl carbamates (subject to hydrolysis) is 1. The van der Waals surface area contributed by atoms with Gasteiger partial charge < -0.3 is 36.8 Å². The summed E-state index contributed by atoms with van der Waals surface area (Å²) in [6, 6.07) is 3.31. The van der Waals surface area contributed by atoms with Crippen LogP contribution in [0.3, 0.4) is 0 Å². The number of hydrogen-bond acceptors (Lipinski definition) is 8. The number of Topliss-reactive ketones (excluding diaryl/α,β-unsaturated/α-hetero) is 1. The molecule has 0 fully saturated rings. The van der Waals surface area contributed by atoms with Gasteiger partial charge in [0.05, 0.1) is 18.6 Å². The number of aliphatic hydroxyl groups is 1. The van der Waals surface area contributed by atoms with E-state index in [1.165, 1.54) is 20.8 Å². The number of ether oxygens (including phenoxy) is 1. The van der Waals surface area contributed by atoms with Gasteiger partial charge in [-0.15, -0.1) is 0 Å². The lowest BCUT2D eigenvalue weighted by molar-refractivity contribution is -0.135. The number of aliphatic hydroxyl groups excluding tert-OH is 1. The van der Waals surface area contributed by atoms with Crippen LogP contribution in [0.25, 0.3) is 0 Å². The number of amides is 5. The number of rotatable bonds is 14. The topological polar surface area (TPSA) is 206 Å². The first-order chi connectivity index (χ1) is 17.3. The zero-order valence-corrected chi connectivity index (χ0v) is 20.7. The number of halogens is 1. The summed E-state index contributed by atoms with van der Waals surface area (Å²) < 4.78 is 17.7. The first-order valence-corrected chi connectivity index (χ1v) is 11.3. The van der Waals surface area contributed by atoms with E-state index >= 15 is 0 Å². The molecule has 37 heavy (non-hydrogen) atoms. The summed E-state index contributed by atoms with van der Waals surface area (Å²) in [4.78, 5) is 72.1. The number of hydrogen-bond donors (Lipinski definition) is 6. The molecule has 0 saturated heterocycles. The molecule has 0 unspecified atom stereocenters. The Morgan fingerprint density at radius 2 is 1.46 bits per heavy atom. The molecule has 1 aromatic rings.